The van der Waals surface area contributed by atoms with Gasteiger partial charge >= 0.3 is 6.18 Å². The van der Waals surface area contributed by atoms with E-state index in [0.29, 0.717) is 0 Å². The van der Waals surface area contributed by atoms with E-state index in [0.717, 1.165) is 0 Å². The van der Waals surface area contributed by atoms with Gasteiger partial charge in [0.25, 0.3) is 0 Å². The zero-order valence-electron chi connectivity index (χ0n) is 7.99. The molecular formula is C6H11F3N6. The van der Waals surface area contributed by atoms with Crippen LogP contribution in [0.5, 0.6) is 0 Å². The zero-order valence-corrected chi connectivity index (χ0v) is 7.99. The van der Waals surface area contributed by atoms with E-state index >= 15 is 0 Å². The molecule has 0 aliphatic carbocycles. The Labute approximate surface area is 83.6 Å². The molecule has 1 atom stereocenters. The highest BCUT2D eigenvalue weighted by Crippen LogP contribution is 2.22. The van der Waals surface area contributed by atoms with Crippen LogP contribution in [0.2, 0.25) is 0 Å². The normalized spacial score (nSPS) is 14.2. The summed E-state index contributed by atoms with van der Waals surface area (Å²) in [6, 6.07) is -0.936. The molecule has 0 spiro atoms. The third-order valence-electron chi connectivity index (χ3n) is 1.69. The molecule has 0 fully saturated rings. The number of hydrogen-bond donors (Lipinski definition) is 2. The first kappa shape index (κ1) is 11.9. The maximum atomic E-state index is 12.0. The second-order valence-corrected chi connectivity index (χ2v) is 3.08. The number of hydrogen-bond acceptors (Lipinski definition) is 5. The van der Waals surface area contributed by atoms with Crippen LogP contribution in [0.4, 0.5) is 13.2 Å². The van der Waals surface area contributed by atoms with Crippen molar-refractivity contribution in [2.24, 2.45) is 12.9 Å². The summed E-state index contributed by atoms with van der Waals surface area (Å²) >= 11 is 0. The van der Waals surface area contributed by atoms with Crippen LogP contribution < -0.4 is 11.3 Å². The van der Waals surface area contributed by atoms with Gasteiger partial charge in [-0.1, -0.05) is 0 Å². The number of hydrazine groups is 1. The van der Waals surface area contributed by atoms with Crippen molar-refractivity contribution >= 4 is 0 Å². The fourth-order valence-corrected chi connectivity index (χ4v) is 1.09. The van der Waals surface area contributed by atoms with Gasteiger partial charge < -0.3 is 0 Å². The van der Waals surface area contributed by atoms with Gasteiger partial charge in [0.15, 0.2) is 5.82 Å². The largest absolute Gasteiger partial charge is 0.390 e. The molecule has 1 unspecified atom stereocenters. The maximum Gasteiger partial charge on any atom is 0.390 e. The topological polar surface area (TPSA) is 81.7 Å². The molecule has 0 aliphatic rings. The highest BCUT2D eigenvalue weighted by molar-refractivity contribution is 4.84. The van der Waals surface area contributed by atoms with E-state index in [1.165, 1.54) is 11.8 Å². The summed E-state index contributed by atoms with van der Waals surface area (Å²) in [5.41, 5.74) is 2.08. The van der Waals surface area contributed by atoms with Crippen molar-refractivity contribution in [3.05, 3.63) is 5.82 Å². The maximum absolute atomic E-state index is 12.0. The lowest BCUT2D eigenvalue weighted by atomic mass is 10.1. The lowest BCUT2D eigenvalue weighted by Crippen LogP contribution is -2.40. The molecule has 0 amide bonds. The van der Waals surface area contributed by atoms with E-state index in [4.69, 9.17) is 5.84 Å². The van der Waals surface area contributed by atoms with E-state index in [9.17, 15) is 13.2 Å². The van der Waals surface area contributed by atoms with Crippen molar-refractivity contribution in [3.63, 3.8) is 0 Å². The summed E-state index contributed by atoms with van der Waals surface area (Å²) in [5, 5.41) is 10.8. The quantitative estimate of drug-likeness (QED) is 0.534. The number of alkyl halides is 3. The number of halogens is 3. The highest BCUT2D eigenvalue weighted by Gasteiger charge is 2.32. The van der Waals surface area contributed by atoms with E-state index in [1.54, 1.807) is 0 Å². The Morgan fingerprint density at radius 3 is 2.60 bits per heavy atom. The number of nitrogens with one attached hydrogen (secondary N) is 1. The lowest BCUT2D eigenvalue weighted by molar-refractivity contribution is -0.140. The van der Waals surface area contributed by atoms with Crippen molar-refractivity contribution in [1.29, 1.82) is 0 Å². The first-order valence-electron chi connectivity index (χ1n) is 4.16. The van der Waals surface area contributed by atoms with Crippen LogP contribution in [0.15, 0.2) is 0 Å². The molecule has 0 radical (unpaired) electrons. The van der Waals surface area contributed by atoms with E-state index in [2.05, 4.69) is 20.8 Å². The third-order valence-corrected chi connectivity index (χ3v) is 1.69. The molecule has 9 heteroatoms. The molecule has 3 N–H and O–H groups in total. The Kier molecular flexibility index (Phi) is 3.58. The summed E-state index contributed by atoms with van der Waals surface area (Å²) in [6.07, 6.45) is -5.30. The van der Waals surface area contributed by atoms with Crippen molar-refractivity contribution in [1.82, 2.24) is 25.6 Å². The van der Waals surface area contributed by atoms with Gasteiger partial charge in [-0.25, -0.2) is 0 Å². The van der Waals surface area contributed by atoms with Crippen LogP contribution in [-0.4, -0.2) is 32.4 Å². The average molecular weight is 224 g/mol. The first-order valence-corrected chi connectivity index (χ1v) is 4.16. The van der Waals surface area contributed by atoms with Crippen LogP contribution >= 0.6 is 0 Å². The minimum absolute atomic E-state index is 0.0101. The Bertz CT molecular complexity index is 308. The molecule has 0 bridgehead atoms. The third kappa shape index (κ3) is 4.21. The van der Waals surface area contributed by atoms with Gasteiger partial charge in [0, 0.05) is 12.5 Å². The molecular weight excluding hydrogens is 213 g/mol. The van der Waals surface area contributed by atoms with Crippen LogP contribution in [0.25, 0.3) is 0 Å². The summed E-state index contributed by atoms with van der Waals surface area (Å²) in [4.78, 5) is 1.18. The van der Waals surface area contributed by atoms with Gasteiger partial charge in [-0.05, 0) is 5.21 Å². The van der Waals surface area contributed by atoms with Crippen LogP contribution in [0.1, 0.15) is 12.2 Å². The van der Waals surface area contributed by atoms with Crippen molar-refractivity contribution in [2.45, 2.75) is 25.1 Å². The van der Waals surface area contributed by atoms with Gasteiger partial charge in [0.2, 0.25) is 0 Å². The number of aromatic nitrogens is 4. The number of nitrogens with zero attached hydrogens (tertiary/aromatic N) is 4. The Hall–Kier alpha value is -1.22. The Morgan fingerprint density at radius 2 is 2.20 bits per heavy atom. The fourth-order valence-electron chi connectivity index (χ4n) is 1.09. The molecule has 86 valence electrons. The minimum atomic E-state index is -4.26. The van der Waals surface area contributed by atoms with Gasteiger partial charge in [0.1, 0.15) is 0 Å². The van der Waals surface area contributed by atoms with Gasteiger partial charge in [0.05, 0.1) is 13.5 Å². The summed E-state index contributed by atoms with van der Waals surface area (Å²) in [5.74, 6) is 5.23. The second-order valence-electron chi connectivity index (χ2n) is 3.08. The predicted molar refractivity (Wildman–Crippen MR) is 44.3 cm³/mol. The average Bonchev–Trinajstić information content (AvgIpc) is 2.47. The molecule has 0 saturated heterocycles. The Balaban J connectivity index is 2.54. The Morgan fingerprint density at radius 1 is 1.53 bits per heavy atom. The van der Waals surface area contributed by atoms with Gasteiger partial charge in [-0.15, -0.1) is 10.2 Å². The predicted octanol–water partition coefficient (Wildman–Crippen LogP) is -0.463. The van der Waals surface area contributed by atoms with E-state index < -0.39 is 18.6 Å². The van der Waals surface area contributed by atoms with E-state index in [1.807, 2.05) is 0 Å². The summed E-state index contributed by atoms with van der Waals surface area (Å²) < 4.78 is 36.1. The van der Waals surface area contributed by atoms with E-state index in [-0.39, 0.29) is 12.2 Å². The molecule has 1 aromatic heterocycles. The van der Waals surface area contributed by atoms with Crippen molar-refractivity contribution in [3.8, 4) is 0 Å². The SMILES string of the molecule is Cn1nnc(CC(CC(F)(F)F)NN)n1. The van der Waals surface area contributed by atoms with Gasteiger partial charge in [-0.2, -0.15) is 18.0 Å². The summed E-state index contributed by atoms with van der Waals surface area (Å²) in [7, 11) is 1.53. The monoisotopic (exact) mass is 224 g/mol. The number of aryl methyl sites for hydroxylation is 1. The van der Waals surface area contributed by atoms with Gasteiger partial charge in [-0.3, -0.25) is 11.3 Å². The first-order chi connectivity index (χ1) is 6.90. The lowest BCUT2D eigenvalue weighted by Gasteiger charge is -2.15. The van der Waals surface area contributed by atoms with Crippen LogP contribution in [0, 0.1) is 0 Å². The fraction of sp³-hybridized carbons (Fsp3) is 0.833. The second kappa shape index (κ2) is 4.53. The van der Waals surface area contributed by atoms with Crippen molar-refractivity contribution < 1.29 is 13.2 Å². The zero-order chi connectivity index (χ0) is 11.5. The molecule has 0 aromatic carbocycles. The smallest absolute Gasteiger partial charge is 0.271 e. The standard InChI is InChI=1S/C6H11F3N6/c1-15-13-5(12-14-15)2-4(11-10)3-6(7,8)9/h4,11H,2-3,10H2,1H3. The van der Waals surface area contributed by atoms with Crippen LogP contribution in [0.3, 0.4) is 0 Å². The molecule has 6 nitrogen and oxygen atoms in total. The molecule has 1 heterocycles. The van der Waals surface area contributed by atoms with Crippen LogP contribution in [-0.2, 0) is 13.5 Å². The summed E-state index contributed by atoms with van der Waals surface area (Å²) in [6.45, 7) is 0. The molecule has 0 aliphatic heterocycles. The number of nitrogens with two attached hydrogens (primary N) is 1. The minimum Gasteiger partial charge on any atom is -0.271 e. The molecule has 0 saturated carbocycles. The molecule has 1 rings (SSSR count). The molecule has 15 heavy (non-hydrogen) atoms. The van der Waals surface area contributed by atoms with Crippen molar-refractivity contribution in [2.75, 3.05) is 0 Å². The molecule has 1 aromatic rings. The number of rotatable bonds is 4. The number of tetrazole rings is 1. The highest BCUT2D eigenvalue weighted by atomic mass is 19.4.